The van der Waals surface area contributed by atoms with E-state index in [1.807, 2.05) is 57.7 Å². The molecule has 0 fully saturated rings. The number of nitrogens with one attached hydrogen (secondary N) is 2. The van der Waals surface area contributed by atoms with Gasteiger partial charge in [0.2, 0.25) is 0 Å². The van der Waals surface area contributed by atoms with Crippen LogP contribution in [0.1, 0.15) is 74.3 Å². The van der Waals surface area contributed by atoms with Gasteiger partial charge in [0.25, 0.3) is 11.8 Å². The predicted octanol–water partition coefficient (Wildman–Crippen LogP) is 9.00. The van der Waals surface area contributed by atoms with Gasteiger partial charge in [-0.2, -0.15) is 0 Å². The maximum Gasteiger partial charge on any atom is 0.255 e. The van der Waals surface area contributed by atoms with Gasteiger partial charge < -0.3 is 26.2 Å². The Bertz CT molecular complexity index is 1370. The normalized spacial score (nSPS) is 10.3. The van der Waals surface area contributed by atoms with E-state index >= 15 is 0 Å². The first-order chi connectivity index (χ1) is 21.7. The Morgan fingerprint density at radius 2 is 1.78 bits per heavy atom. The van der Waals surface area contributed by atoms with Crippen LogP contribution in [0.5, 0.6) is 5.75 Å². The Balaban J connectivity index is 0.00000192. The lowest BCUT2D eigenvalue weighted by molar-refractivity contribution is -0.115. The number of ether oxygens (including phenoxy) is 1. The van der Waals surface area contributed by atoms with E-state index in [0.29, 0.717) is 56.7 Å². The van der Waals surface area contributed by atoms with Crippen LogP contribution >= 0.6 is 34.7 Å². The van der Waals surface area contributed by atoms with Crippen molar-refractivity contribution in [3.05, 3.63) is 105 Å². The molecule has 0 radical (unpaired) electrons. The summed E-state index contributed by atoms with van der Waals surface area (Å²) >= 11 is 8.99. The Morgan fingerprint density at radius 1 is 1.11 bits per heavy atom. The van der Waals surface area contributed by atoms with E-state index in [1.54, 1.807) is 73.3 Å². The number of nitrogens with two attached hydrogens (primary N) is 1. The standard InChI is InChI=1S/C27H28ClN3O4S.C4H8S.2C2H6/c1-3-23(27(34)30-12-5-13-32)25-24(17(2)29)19(16-36-25)15-35-22-7-4-6-21(14-22)31-26(33)18-8-10-20(28)11-9-18;1-3-4-5-2;2*1-2/h3-4,6-11,14,16,32H,2,5,12-13,15,29H2,1H3,(H,30,34)(H,31,33);3-4H,1-2H3;2*1-2H3/b23-3+;4-3+;;. The van der Waals surface area contributed by atoms with E-state index in [4.69, 9.17) is 27.2 Å². The van der Waals surface area contributed by atoms with E-state index in [2.05, 4.69) is 17.2 Å². The van der Waals surface area contributed by atoms with Crippen LogP contribution in [0.3, 0.4) is 0 Å². The molecule has 3 aromatic rings. The fourth-order valence-corrected chi connectivity index (χ4v) is 5.12. The number of carbonyl (C=O) groups excluding carboxylic acids is 2. The van der Waals surface area contributed by atoms with E-state index in [0.717, 1.165) is 5.56 Å². The first-order valence-electron chi connectivity index (χ1n) is 14.8. The summed E-state index contributed by atoms with van der Waals surface area (Å²) in [4.78, 5) is 25.9. The molecule has 2 aromatic carbocycles. The van der Waals surface area contributed by atoms with Crippen molar-refractivity contribution in [2.45, 2.75) is 54.6 Å². The van der Waals surface area contributed by atoms with Crippen molar-refractivity contribution in [2.75, 3.05) is 24.7 Å². The van der Waals surface area contributed by atoms with Crippen LogP contribution in [0.4, 0.5) is 5.69 Å². The molecular formula is C35H48ClN3O4S2. The lowest BCUT2D eigenvalue weighted by Gasteiger charge is -2.12. The average Bonchev–Trinajstić information content (AvgIpc) is 3.47. The number of thioether (sulfide) groups is 1. The van der Waals surface area contributed by atoms with Gasteiger partial charge in [0.1, 0.15) is 12.4 Å². The maximum atomic E-state index is 12.7. The Kier molecular flexibility index (Phi) is 22.9. The predicted molar refractivity (Wildman–Crippen MR) is 197 cm³/mol. The van der Waals surface area contributed by atoms with Crippen LogP contribution in [0.2, 0.25) is 5.02 Å². The molecule has 0 spiro atoms. The smallest absolute Gasteiger partial charge is 0.255 e. The van der Waals surface area contributed by atoms with Crippen molar-refractivity contribution in [3.8, 4) is 5.75 Å². The zero-order valence-electron chi connectivity index (χ0n) is 27.4. The largest absolute Gasteiger partial charge is 0.489 e. The van der Waals surface area contributed by atoms with Gasteiger partial charge in [0, 0.05) is 57.2 Å². The van der Waals surface area contributed by atoms with Gasteiger partial charge >= 0.3 is 0 Å². The molecule has 0 unspecified atom stereocenters. The first-order valence-corrected chi connectivity index (χ1v) is 17.3. The zero-order valence-corrected chi connectivity index (χ0v) is 29.8. The molecule has 0 aliphatic heterocycles. The van der Waals surface area contributed by atoms with Gasteiger partial charge in [-0.1, -0.05) is 64.1 Å². The highest BCUT2D eigenvalue weighted by atomic mass is 35.5. The maximum absolute atomic E-state index is 12.7. The molecule has 0 saturated heterocycles. The molecule has 7 nitrogen and oxygen atoms in total. The highest BCUT2D eigenvalue weighted by molar-refractivity contribution is 8.01. The van der Waals surface area contributed by atoms with Crippen molar-refractivity contribution in [1.82, 2.24) is 5.32 Å². The number of amides is 2. The molecule has 0 aliphatic carbocycles. The van der Waals surface area contributed by atoms with Crippen molar-refractivity contribution in [2.24, 2.45) is 5.73 Å². The summed E-state index contributed by atoms with van der Waals surface area (Å²) in [5.41, 5.74) is 9.44. The number of halogens is 1. The van der Waals surface area contributed by atoms with Crippen LogP contribution in [0, 0.1) is 0 Å². The molecule has 1 aromatic heterocycles. The molecule has 5 N–H and O–H groups in total. The zero-order chi connectivity index (χ0) is 34.2. The molecule has 45 heavy (non-hydrogen) atoms. The van der Waals surface area contributed by atoms with Crippen LogP contribution in [-0.4, -0.2) is 36.3 Å². The van der Waals surface area contributed by atoms with Gasteiger partial charge in [-0.15, -0.1) is 23.1 Å². The summed E-state index contributed by atoms with van der Waals surface area (Å²) in [6, 6.07) is 13.7. The highest BCUT2D eigenvalue weighted by Crippen LogP contribution is 2.33. The van der Waals surface area contributed by atoms with E-state index in [1.165, 1.54) is 11.3 Å². The quantitative estimate of drug-likeness (QED) is 0.113. The summed E-state index contributed by atoms with van der Waals surface area (Å²) in [6.45, 7) is 16.2. The van der Waals surface area contributed by atoms with E-state index in [-0.39, 0.29) is 25.0 Å². The molecule has 2 amide bonds. The highest BCUT2D eigenvalue weighted by Gasteiger charge is 2.21. The monoisotopic (exact) mass is 673 g/mol. The Hall–Kier alpha value is -3.50. The van der Waals surface area contributed by atoms with Gasteiger partial charge in [-0.3, -0.25) is 9.59 Å². The second-order valence-corrected chi connectivity index (χ2v) is 10.6. The second-order valence-electron chi connectivity index (χ2n) is 8.51. The number of aliphatic hydroxyl groups is 1. The fraction of sp³-hybridized carbons (Fsp3) is 0.314. The second kappa shape index (κ2) is 24.8. The number of rotatable bonds is 12. The summed E-state index contributed by atoms with van der Waals surface area (Å²) in [5, 5.41) is 19.1. The van der Waals surface area contributed by atoms with Crippen molar-refractivity contribution in [3.63, 3.8) is 0 Å². The SMILES string of the molecule is C/C=C/SC.C=C(N)c1c(COc2cccc(NC(=O)c3ccc(Cl)cc3)c2)csc1/C(=C\C)C(=O)NCCCO.CC.CC. The van der Waals surface area contributed by atoms with Crippen molar-refractivity contribution >= 4 is 63.5 Å². The van der Waals surface area contributed by atoms with Crippen molar-refractivity contribution < 1.29 is 19.4 Å². The Morgan fingerprint density at radius 3 is 2.31 bits per heavy atom. The fourth-order valence-electron chi connectivity index (χ4n) is 3.56. The average molecular weight is 674 g/mol. The summed E-state index contributed by atoms with van der Waals surface area (Å²) in [7, 11) is 0. The number of benzene rings is 2. The van der Waals surface area contributed by atoms with Crippen LogP contribution in [-0.2, 0) is 11.4 Å². The Labute approximate surface area is 282 Å². The lowest BCUT2D eigenvalue weighted by Crippen LogP contribution is -2.26. The number of allylic oxidation sites excluding steroid dienone is 2. The summed E-state index contributed by atoms with van der Waals surface area (Å²) < 4.78 is 5.99. The number of thiophene rings is 1. The van der Waals surface area contributed by atoms with Crippen LogP contribution in [0.15, 0.2) is 78.1 Å². The molecule has 0 saturated carbocycles. The number of anilines is 1. The third-order valence-electron chi connectivity index (χ3n) is 5.45. The molecule has 0 bridgehead atoms. The molecule has 1 heterocycles. The molecule has 0 atom stereocenters. The summed E-state index contributed by atoms with van der Waals surface area (Å²) in [5.74, 6) is 0.0503. The third kappa shape index (κ3) is 14.9. The van der Waals surface area contributed by atoms with Gasteiger partial charge in [-0.05, 0) is 73.7 Å². The first kappa shape index (κ1) is 41.5. The molecule has 246 valence electrons. The topological polar surface area (TPSA) is 114 Å². The van der Waals surface area contributed by atoms with Crippen LogP contribution in [0.25, 0.3) is 11.3 Å². The van der Waals surface area contributed by atoms with E-state index in [9.17, 15) is 9.59 Å². The lowest BCUT2D eigenvalue weighted by atomic mass is 10.0. The molecular weight excluding hydrogens is 626 g/mol. The number of carbonyl (C=O) groups is 2. The minimum absolute atomic E-state index is 0.00278. The minimum Gasteiger partial charge on any atom is -0.489 e. The van der Waals surface area contributed by atoms with Crippen molar-refractivity contribution in [1.29, 1.82) is 0 Å². The number of hydrogen-bond donors (Lipinski definition) is 4. The van der Waals surface area contributed by atoms with E-state index < -0.39 is 0 Å². The number of hydrogen-bond acceptors (Lipinski definition) is 7. The summed E-state index contributed by atoms with van der Waals surface area (Å²) in [6.07, 6.45) is 6.26. The molecule has 10 heteroatoms. The van der Waals surface area contributed by atoms with Gasteiger partial charge in [0.15, 0.2) is 0 Å². The van der Waals surface area contributed by atoms with Gasteiger partial charge in [-0.25, -0.2) is 0 Å². The number of aliphatic hydroxyl groups excluding tert-OH is 1. The third-order valence-corrected chi connectivity index (χ3v) is 7.31. The minimum atomic E-state index is -0.260. The molecule has 0 aliphatic rings. The van der Waals surface area contributed by atoms with Crippen LogP contribution < -0.4 is 21.1 Å². The molecule has 3 rings (SSSR count). The van der Waals surface area contributed by atoms with Gasteiger partial charge in [0.05, 0.1) is 5.57 Å².